The summed E-state index contributed by atoms with van der Waals surface area (Å²) in [5.74, 6) is -2.31. The normalized spacial score (nSPS) is 14.6. The molecule has 0 aromatic heterocycles. The molecule has 0 radical (unpaired) electrons. The number of hydrogen-bond acceptors (Lipinski definition) is 3. The number of carbonyl (C=O) groups is 2. The van der Waals surface area contributed by atoms with Crippen molar-refractivity contribution >= 4 is 34.8 Å². The highest BCUT2D eigenvalue weighted by molar-refractivity contribution is 8.04. The first-order valence-corrected chi connectivity index (χ1v) is 9.12. The number of thioether (sulfide) groups is 1. The molecule has 0 saturated carbocycles. The summed E-state index contributed by atoms with van der Waals surface area (Å²) in [6, 6.07) is 8.30. The second-order valence-corrected chi connectivity index (χ2v) is 7.25. The molecule has 134 valence electrons. The zero-order valence-electron chi connectivity index (χ0n) is 14.6. The van der Waals surface area contributed by atoms with E-state index in [9.17, 15) is 18.4 Å². The van der Waals surface area contributed by atoms with Crippen LogP contribution in [0.25, 0.3) is 5.57 Å². The Balaban J connectivity index is 2.13. The van der Waals surface area contributed by atoms with E-state index in [1.807, 2.05) is 32.9 Å². The Kier molecular flexibility index (Phi) is 4.96. The van der Waals surface area contributed by atoms with Gasteiger partial charge in [-0.05, 0) is 48.4 Å². The summed E-state index contributed by atoms with van der Waals surface area (Å²) in [6.07, 6.45) is 0. The number of anilines is 1. The summed E-state index contributed by atoms with van der Waals surface area (Å²) >= 11 is 1.24. The molecule has 2 amide bonds. The van der Waals surface area contributed by atoms with Crippen molar-refractivity contribution in [2.45, 2.75) is 20.8 Å². The minimum Gasteiger partial charge on any atom is -0.268 e. The number of aryl methyl sites for hydroxylation is 2. The molecule has 0 saturated heterocycles. The molecule has 1 aliphatic heterocycles. The van der Waals surface area contributed by atoms with Crippen LogP contribution in [0.3, 0.4) is 0 Å². The van der Waals surface area contributed by atoms with Gasteiger partial charge in [-0.2, -0.15) is 0 Å². The maximum atomic E-state index is 14.2. The zero-order valence-corrected chi connectivity index (χ0v) is 15.4. The first kappa shape index (κ1) is 18.3. The third-order valence-electron chi connectivity index (χ3n) is 4.28. The predicted octanol–water partition coefficient (Wildman–Crippen LogP) is 4.62. The van der Waals surface area contributed by atoms with Gasteiger partial charge in [-0.3, -0.25) is 9.59 Å². The fourth-order valence-corrected chi connectivity index (χ4v) is 3.67. The highest BCUT2D eigenvalue weighted by Gasteiger charge is 2.41. The maximum absolute atomic E-state index is 14.2. The van der Waals surface area contributed by atoms with Crippen molar-refractivity contribution in [3.63, 3.8) is 0 Å². The maximum Gasteiger partial charge on any atom is 0.272 e. The SMILES string of the molecule is CCSC1=C(c2ccc(C)c(C)c2)C(=O)N(c2ccc(F)cc2F)C1=O. The van der Waals surface area contributed by atoms with E-state index in [1.54, 1.807) is 6.07 Å². The number of nitrogens with zero attached hydrogens (tertiary/aromatic N) is 1. The number of benzene rings is 2. The average molecular weight is 373 g/mol. The number of hydrogen-bond donors (Lipinski definition) is 0. The third-order valence-corrected chi connectivity index (χ3v) is 5.23. The van der Waals surface area contributed by atoms with Crippen LogP contribution >= 0.6 is 11.8 Å². The molecule has 0 aliphatic carbocycles. The van der Waals surface area contributed by atoms with Crippen LogP contribution in [-0.4, -0.2) is 17.6 Å². The van der Waals surface area contributed by atoms with Crippen LogP contribution in [-0.2, 0) is 9.59 Å². The first-order chi connectivity index (χ1) is 12.3. The van der Waals surface area contributed by atoms with Gasteiger partial charge < -0.3 is 0 Å². The molecule has 6 heteroatoms. The number of amides is 2. The van der Waals surface area contributed by atoms with Gasteiger partial charge in [0.1, 0.15) is 11.6 Å². The second-order valence-electron chi connectivity index (χ2n) is 5.98. The number of imide groups is 1. The van der Waals surface area contributed by atoms with Crippen LogP contribution in [0.2, 0.25) is 0 Å². The van der Waals surface area contributed by atoms with Gasteiger partial charge in [0.25, 0.3) is 11.8 Å². The van der Waals surface area contributed by atoms with Crippen molar-refractivity contribution in [2.24, 2.45) is 0 Å². The Morgan fingerprint density at radius 3 is 2.31 bits per heavy atom. The van der Waals surface area contributed by atoms with Gasteiger partial charge in [0.05, 0.1) is 16.2 Å². The molecule has 0 unspecified atom stereocenters. The van der Waals surface area contributed by atoms with E-state index in [0.29, 0.717) is 17.4 Å². The van der Waals surface area contributed by atoms with Gasteiger partial charge in [-0.1, -0.05) is 25.1 Å². The third kappa shape index (κ3) is 3.05. The standard InChI is InChI=1S/C20H17F2NO2S/c1-4-26-18-17(13-6-5-11(2)12(3)9-13)19(24)23(20(18)25)16-8-7-14(21)10-15(16)22/h5-10H,4H2,1-3H3. The van der Waals surface area contributed by atoms with Crippen molar-refractivity contribution < 1.29 is 18.4 Å². The lowest BCUT2D eigenvalue weighted by molar-refractivity contribution is -0.119. The van der Waals surface area contributed by atoms with E-state index in [2.05, 4.69) is 0 Å². The summed E-state index contributed by atoms with van der Waals surface area (Å²) in [5.41, 5.74) is 2.69. The fraction of sp³-hybridized carbons (Fsp3) is 0.200. The number of halogens is 2. The predicted molar refractivity (Wildman–Crippen MR) is 99.8 cm³/mol. The minimum absolute atomic E-state index is 0.241. The number of carbonyl (C=O) groups excluding carboxylic acids is 2. The van der Waals surface area contributed by atoms with Gasteiger partial charge in [0.2, 0.25) is 0 Å². The van der Waals surface area contributed by atoms with Crippen molar-refractivity contribution in [3.05, 3.63) is 69.6 Å². The summed E-state index contributed by atoms with van der Waals surface area (Å²) in [6.45, 7) is 5.75. The average Bonchev–Trinajstić information content (AvgIpc) is 2.82. The lowest BCUT2D eigenvalue weighted by Crippen LogP contribution is -2.32. The molecule has 0 fully saturated rings. The molecule has 26 heavy (non-hydrogen) atoms. The van der Waals surface area contributed by atoms with Gasteiger partial charge in [0, 0.05) is 6.07 Å². The summed E-state index contributed by atoms with van der Waals surface area (Å²) < 4.78 is 27.4. The molecule has 0 N–H and O–H groups in total. The molecule has 2 aromatic carbocycles. The number of rotatable bonds is 4. The lowest BCUT2D eigenvalue weighted by Gasteiger charge is -2.16. The molecule has 1 aliphatic rings. The molecule has 0 spiro atoms. The molecular weight excluding hydrogens is 356 g/mol. The van der Waals surface area contributed by atoms with Crippen molar-refractivity contribution in [1.82, 2.24) is 0 Å². The Hall–Kier alpha value is -2.47. The summed E-state index contributed by atoms with van der Waals surface area (Å²) in [7, 11) is 0. The molecule has 2 aromatic rings. The van der Waals surface area contributed by atoms with E-state index >= 15 is 0 Å². The van der Waals surface area contributed by atoms with Gasteiger partial charge >= 0.3 is 0 Å². The zero-order chi connectivity index (χ0) is 19.0. The topological polar surface area (TPSA) is 37.4 Å². The monoisotopic (exact) mass is 373 g/mol. The van der Waals surface area contributed by atoms with Crippen LogP contribution in [0.5, 0.6) is 0 Å². The molecule has 1 heterocycles. The Bertz CT molecular complexity index is 953. The van der Waals surface area contributed by atoms with E-state index in [1.165, 1.54) is 11.8 Å². The molecule has 3 nitrogen and oxygen atoms in total. The highest BCUT2D eigenvalue weighted by atomic mass is 32.2. The van der Waals surface area contributed by atoms with Gasteiger partial charge in [-0.25, -0.2) is 13.7 Å². The van der Waals surface area contributed by atoms with E-state index < -0.39 is 23.4 Å². The summed E-state index contributed by atoms with van der Waals surface area (Å²) in [4.78, 5) is 26.9. The van der Waals surface area contributed by atoms with Gasteiger partial charge in [-0.15, -0.1) is 11.8 Å². The van der Waals surface area contributed by atoms with Crippen LogP contribution in [0, 0.1) is 25.5 Å². The highest BCUT2D eigenvalue weighted by Crippen LogP contribution is 2.39. The quantitative estimate of drug-likeness (QED) is 0.734. The lowest BCUT2D eigenvalue weighted by atomic mass is 10.0. The first-order valence-electron chi connectivity index (χ1n) is 8.13. The minimum atomic E-state index is -0.950. The van der Waals surface area contributed by atoms with Crippen molar-refractivity contribution in [1.29, 1.82) is 0 Å². The second kappa shape index (κ2) is 7.03. The molecule has 3 rings (SSSR count). The van der Waals surface area contributed by atoms with Crippen LogP contribution in [0.1, 0.15) is 23.6 Å². The smallest absolute Gasteiger partial charge is 0.268 e. The van der Waals surface area contributed by atoms with Crippen molar-refractivity contribution in [2.75, 3.05) is 10.7 Å². The Morgan fingerprint density at radius 2 is 1.69 bits per heavy atom. The van der Waals surface area contributed by atoms with Crippen LogP contribution in [0.15, 0.2) is 41.3 Å². The molecular formula is C20H17F2NO2S. The van der Waals surface area contributed by atoms with Crippen LogP contribution < -0.4 is 4.90 Å². The largest absolute Gasteiger partial charge is 0.272 e. The van der Waals surface area contributed by atoms with Gasteiger partial charge in [0.15, 0.2) is 0 Å². The van der Waals surface area contributed by atoms with Crippen molar-refractivity contribution in [3.8, 4) is 0 Å². The fourth-order valence-electron chi connectivity index (χ4n) is 2.82. The van der Waals surface area contributed by atoms with E-state index in [4.69, 9.17) is 0 Å². The van der Waals surface area contributed by atoms with Crippen LogP contribution in [0.4, 0.5) is 14.5 Å². The Labute approximate surface area is 154 Å². The summed E-state index contributed by atoms with van der Waals surface area (Å²) in [5, 5.41) is 0. The molecule has 0 bridgehead atoms. The van der Waals surface area contributed by atoms with E-state index in [0.717, 1.165) is 28.2 Å². The van der Waals surface area contributed by atoms with E-state index in [-0.39, 0.29) is 16.2 Å². The molecule has 0 atom stereocenters. The Morgan fingerprint density at radius 1 is 0.962 bits per heavy atom.